The van der Waals surface area contributed by atoms with Gasteiger partial charge in [0.1, 0.15) is 0 Å². The van der Waals surface area contributed by atoms with Crippen molar-refractivity contribution in [1.29, 1.82) is 0 Å². The largest absolute Gasteiger partial charge is 0.311 e. The summed E-state index contributed by atoms with van der Waals surface area (Å²) in [5.74, 6) is 1.84. The molecule has 21 heavy (non-hydrogen) atoms. The quantitative estimate of drug-likeness (QED) is 0.845. The molecule has 3 aliphatic rings. The van der Waals surface area contributed by atoms with Gasteiger partial charge < -0.3 is 10.2 Å². The Kier molecular flexibility index (Phi) is 4.16. The maximum atomic E-state index is 4.09. The van der Waals surface area contributed by atoms with Crippen LogP contribution >= 0.6 is 0 Å². The Hall–Kier alpha value is -0.0800. The molecular formula is C19H36N2. The van der Waals surface area contributed by atoms with Crippen molar-refractivity contribution >= 4 is 0 Å². The molecule has 3 rings (SSSR count). The van der Waals surface area contributed by atoms with Gasteiger partial charge in [-0.3, -0.25) is 0 Å². The molecule has 1 saturated heterocycles. The number of nitrogens with zero attached hydrogens (tertiary/aromatic N) is 1. The molecule has 2 nitrogen and oxygen atoms in total. The molecule has 2 heteroatoms. The highest BCUT2D eigenvalue weighted by Gasteiger charge is 2.61. The lowest BCUT2D eigenvalue weighted by molar-refractivity contribution is 0.101. The van der Waals surface area contributed by atoms with Crippen LogP contribution in [0.1, 0.15) is 66.7 Å². The second kappa shape index (κ2) is 5.53. The van der Waals surface area contributed by atoms with E-state index in [2.05, 4.69) is 44.8 Å². The summed E-state index contributed by atoms with van der Waals surface area (Å²) < 4.78 is 0. The van der Waals surface area contributed by atoms with E-state index >= 15 is 0 Å². The predicted molar refractivity (Wildman–Crippen MR) is 90.5 cm³/mol. The average Bonchev–Trinajstić information content (AvgIpc) is 2.80. The zero-order valence-corrected chi connectivity index (χ0v) is 14.9. The minimum absolute atomic E-state index is 0.524. The molecule has 0 aromatic carbocycles. The monoisotopic (exact) mass is 292 g/mol. The van der Waals surface area contributed by atoms with E-state index in [0.29, 0.717) is 16.9 Å². The van der Waals surface area contributed by atoms with Crippen molar-refractivity contribution in [2.45, 2.75) is 78.8 Å². The van der Waals surface area contributed by atoms with Gasteiger partial charge >= 0.3 is 0 Å². The molecule has 122 valence electrons. The summed E-state index contributed by atoms with van der Waals surface area (Å²) in [5, 5.41) is 4.09. The van der Waals surface area contributed by atoms with Gasteiger partial charge in [0.05, 0.1) is 0 Å². The molecule has 1 heterocycles. The fourth-order valence-electron chi connectivity index (χ4n) is 5.68. The van der Waals surface area contributed by atoms with Crippen LogP contribution in [-0.4, -0.2) is 36.6 Å². The third-order valence-corrected chi connectivity index (χ3v) is 8.04. The maximum absolute atomic E-state index is 4.09. The Morgan fingerprint density at radius 3 is 2.29 bits per heavy atom. The van der Waals surface area contributed by atoms with E-state index < -0.39 is 0 Å². The number of nitrogens with one attached hydrogen (secondary N) is 1. The first-order chi connectivity index (χ1) is 9.88. The van der Waals surface area contributed by atoms with Gasteiger partial charge in [-0.2, -0.15) is 0 Å². The van der Waals surface area contributed by atoms with Gasteiger partial charge in [0, 0.05) is 12.1 Å². The van der Waals surface area contributed by atoms with Gasteiger partial charge in [-0.05, 0) is 81.3 Å². The van der Waals surface area contributed by atoms with Crippen LogP contribution in [-0.2, 0) is 0 Å². The van der Waals surface area contributed by atoms with Crippen LogP contribution in [0, 0.1) is 22.7 Å². The van der Waals surface area contributed by atoms with Gasteiger partial charge in [0.2, 0.25) is 0 Å². The molecule has 4 unspecified atom stereocenters. The molecular weight excluding hydrogens is 256 g/mol. The molecule has 0 aromatic heterocycles. The zero-order valence-electron chi connectivity index (χ0n) is 14.9. The van der Waals surface area contributed by atoms with E-state index in [1.54, 1.807) is 0 Å². The van der Waals surface area contributed by atoms with Crippen molar-refractivity contribution in [3.05, 3.63) is 0 Å². The molecule has 4 atom stereocenters. The lowest BCUT2D eigenvalue weighted by atomic mass is 9.69. The third-order valence-electron chi connectivity index (χ3n) is 8.04. The van der Waals surface area contributed by atoms with E-state index in [4.69, 9.17) is 0 Å². The van der Waals surface area contributed by atoms with Crippen molar-refractivity contribution in [2.75, 3.05) is 19.6 Å². The SMILES string of the molecule is CCN1CCC(C(C)NC2CC3CCC2(C)C3(C)C)CC1. The van der Waals surface area contributed by atoms with Crippen molar-refractivity contribution in [3.8, 4) is 0 Å². The molecule has 0 radical (unpaired) electrons. The van der Waals surface area contributed by atoms with Crippen molar-refractivity contribution in [2.24, 2.45) is 22.7 Å². The van der Waals surface area contributed by atoms with Gasteiger partial charge in [-0.1, -0.05) is 27.7 Å². The van der Waals surface area contributed by atoms with Gasteiger partial charge in [-0.15, -0.1) is 0 Å². The van der Waals surface area contributed by atoms with E-state index in [0.717, 1.165) is 17.9 Å². The molecule has 2 bridgehead atoms. The Morgan fingerprint density at radius 2 is 1.81 bits per heavy atom. The van der Waals surface area contributed by atoms with Gasteiger partial charge in [0.25, 0.3) is 0 Å². The fourth-order valence-corrected chi connectivity index (χ4v) is 5.68. The fraction of sp³-hybridized carbons (Fsp3) is 1.00. The smallest absolute Gasteiger partial charge is 0.0131 e. The Labute approximate surface area is 132 Å². The molecule has 2 aliphatic carbocycles. The molecule has 1 aliphatic heterocycles. The summed E-state index contributed by atoms with van der Waals surface area (Å²) in [7, 11) is 0. The highest BCUT2D eigenvalue weighted by molar-refractivity contribution is 5.13. The topological polar surface area (TPSA) is 15.3 Å². The van der Waals surface area contributed by atoms with E-state index in [1.807, 2.05) is 0 Å². The number of likely N-dealkylation sites (tertiary alicyclic amines) is 1. The van der Waals surface area contributed by atoms with Gasteiger partial charge in [0.15, 0.2) is 0 Å². The lowest BCUT2D eigenvalue weighted by Crippen LogP contribution is -2.51. The molecule has 0 spiro atoms. The number of piperidine rings is 1. The summed E-state index contributed by atoms with van der Waals surface area (Å²) in [6.07, 6.45) is 7.09. The predicted octanol–water partition coefficient (Wildman–Crippen LogP) is 3.91. The first kappa shape index (κ1) is 15.8. The number of hydrogen-bond donors (Lipinski definition) is 1. The second-order valence-electron chi connectivity index (χ2n) is 8.89. The zero-order chi connectivity index (χ0) is 15.3. The highest BCUT2D eigenvalue weighted by atomic mass is 15.1. The Morgan fingerprint density at radius 1 is 1.14 bits per heavy atom. The second-order valence-corrected chi connectivity index (χ2v) is 8.89. The number of fused-ring (bicyclic) bond motifs is 2. The Bertz CT molecular complexity index is 370. The van der Waals surface area contributed by atoms with Crippen molar-refractivity contribution in [3.63, 3.8) is 0 Å². The summed E-state index contributed by atoms with van der Waals surface area (Å²) >= 11 is 0. The van der Waals surface area contributed by atoms with Crippen LogP contribution < -0.4 is 5.32 Å². The number of hydrogen-bond acceptors (Lipinski definition) is 2. The summed E-state index contributed by atoms with van der Waals surface area (Å²) in [5.41, 5.74) is 1.06. The summed E-state index contributed by atoms with van der Waals surface area (Å²) in [4.78, 5) is 2.60. The van der Waals surface area contributed by atoms with Crippen LogP contribution in [0.5, 0.6) is 0 Å². The first-order valence-electron chi connectivity index (χ1n) is 9.37. The summed E-state index contributed by atoms with van der Waals surface area (Å²) in [6, 6.07) is 1.45. The van der Waals surface area contributed by atoms with Crippen LogP contribution in [0.3, 0.4) is 0 Å². The lowest BCUT2D eigenvalue weighted by Gasteiger charge is -2.43. The molecule has 3 fully saturated rings. The normalized spacial score (nSPS) is 41.6. The average molecular weight is 293 g/mol. The molecule has 1 N–H and O–H groups in total. The summed E-state index contributed by atoms with van der Waals surface area (Å²) in [6.45, 7) is 16.2. The van der Waals surface area contributed by atoms with E-state index in [9.17, 15) is 0 Å². The van der Waals surface area contributed by atoms with Crippen LogP contribution in [0.15, 0.2) is 0 Å². The van der Waals surface area contributed by atoms with E-state index in [-0.39, 0.29) is 0 Å². The van der Waals surface area contributed by atoms with Gasteiger partial charge in [-0.25, -0.2) is 0 Å². The minimum atomic E-state index is 0.524. The number of rotatable bonds is 4. The molecule has 0 aromatic rings. The Balaban J connectivity index is 1.58. The molecule has 0 amide bonds. The minimum Gasteiger partial charge on any atom is -0.311 e. The van der Waals surface area contributed by atoms with E-state index in [1.165, 1.54) is 51.7 Å². The van der Waals surface area contributed by atoms with Crippen LogP contribution in [0.25, 0.3) is 0 Å². The third kappa shape index (κ3) is 2.47. The first-order valence-corrected chi connectivity index (χ1v) is 9.37. The standard InChI is InChI=1S/C19H36N2/c1-6-21-11-8-15(9-12-21)14(2)20-17-13-16-7-10-19(17,5)18(16,3)4/h14-17,20H,6-13H2,1-5H3. The van der Waals surface area contributed by atoms with Crippen LogP contribution in [0.4, 0.5) is 0 Å². The van der Waals surface area contributed by atoms with Crippen LogP contribution in [0.2, 0.25) is 0 Å². The van der Waals surface area contributed by atoms with Crippen molar-refractivity contribution in [1.82, 2.24) is 10.2 Å². The van der Waals surface area contributed by atoms with Crippen molar-refractivity contribution < 1.29 is 0 Å². The molecule has 2 saturated carbocycles. The maximum Gasteiger partial charge on any atom is 0.0131 e. The highest BCUT2D eigenvalue weighted by Crippen LogP contribution is 2.65.